The van der Waals surface area contributed by atoms with Crippen LogP contribution in [0.2, 0.25) is 0 Å². The average molecular weight is 262 g/mol. The van der Waals surface area contributed by atoms with E-state index < -0.39 is 11.6 Å². The van der Waals surface area contributed by atoms with Gasteiger partial charge >= 0.3 is 0 Å². The molecule has 2 aromatic rings. The van der Waals surface area contributed by atoms with Gasteiger partial charge in [-0.2, -0.15) is 0 Å². The van der Waals surface area contributed by atoms with Crippen molar-refractivity contribution in [3.05, 3.63) is 65.5 Å². The summed E-state index contributed by atoms with van der Waals surface area (Å²) in [5, 5.41) is 2.60. The molecule has 1 N–H and O–H groups in total. The second-order valence-corrected chi connectivity index (χ2v) is 3.96. The molecule has 2 rings (SSSR count). The van der Waals surface area contributed by atoms with Gasteiger partial charge < -0.3 is 5.32 Å². The fraction of sp³-hybridized carbons (Fsp3) is 0.143. The lowest BCUT2D eigenvalue weighted by Crippen LogP contribution is -2.26. The van der Waals surface area contributed by atoms with Crippen LogP contribution in [-0.2, 0) is 6.42 Å². The number of nitrogens with zero attached hydrogens (tertiary/aromatic N) is 1. The zero-order chi connectivity index (χ0) is 13.7. The van der Waals surface area contributed by atoms with Crippen molar-refractivity contribution in [3.8, 4) is 0 Å². The fourth-order valence-electron chi connectivity index (χ4n) is 1.63. The molecule has 98 valence electrons. The summed E-state index contributed by atoms with van der Waals surface area (Å²) >= 11 is 0. The number of amides is 1. The lowest BCUT2D eigenvalue weighted by molar-refractivity contribution is 0.0949. The molecular weight excluding hydrogens is 250 g/mol. The third kappa shape index (κ3) is 3.58. The Morgan fingerprint density at radius 3 is 2.79 bits per heavy atom. The number of pyridine rings is 1. The average Bonchev–Trinajstić information content (AvgIpc) is 2.43. The minimum atomic E-state index is -0.493. The summed E-state index contributed by atoms with van der Waals surface area (Å²) in [5.41, 5.74) is 0.531. The Morgan fingerprint density at radius 2 is 2.05 bits per heavy atom. The molecule has 0 radical (unpaired) electrons. The number of nitrogens with one attached hydrogen (secondary N) is 1. The molecule has 0 aliphatic heterocycles. The largest absolute Gasteiger partial charge is 0.350 e. The molecule has 1 heterocycles. The standard InChI is InChI=1S/C14H12F2N2O/c15-11-4-5-12(16)10(9-11)6-8-18-14(19)13-3-1-2-7-17-13/h1-5,7,9H,6,8H2,(H,18,19). The highest BCUT2D eigenvalue weighted by molar-refractivity contribution is 5.92. The Kier molecular flexibility index (Phi) is 4.18. The van der Waals surface area contributed by atoms with Crippen LogP contribution in [0.4, 0.5) is 8.78 Å². The molecule has 0 unspecified atom stereocenters. The van der Waals surface area contributed by atoms with E-state index in [9.17, 15) is 13.6 Å². The van der Waals surface area contributed by atoms with Crippen molar-refractivity contribution in [1.29, 1.82) is 0 Å². The molecule has 1 aromatic carbocycles. The normalized spacial score (nSPS) is 10.2. The van der Waals surface area contributed by atoms with Crippen LogP contribution in [0.15, 0.2) is 42.6 Å². The first-order valence-corrected chi connectivity index (χ1v) is 5.80. The summed E-state index contributed by atoms with van der Waals surface area (Å²) < 4.78 is 26.3. The summed E-state index contributed by atoms with van der Waals surface area (Å²) in [6.45, 7) is 0.218. The van der Waals surface area contributed by atoms with E-state index in [-0.39, 0.29) is 24.4 Å². The number of carbonyl (C=O) groups excluding carboxylic acids is 1. The molecule has 1 aromatic heterocycles. The van der Waals surface area contributed by atoms with Crippen molar-refractivity contribution < 1.29 is 13.6 Å². The lowest BCUT2D eigenvalue weighted by atomic mass is 10.1. The van der Waals surface area contributed by atoms with E-state index in [0.29, 0.717) is 5.69 Å². The van der Waals surface area contributed by atoms with Crippen molar-refractivity contribution >= 4 is 5.91 Å². The van der Waals surface area contributed by atoms with Crippen LogP contribution in [0.25, 0.3) is 0 Å². The Balaban J connectivity index is 1.90. The van der Waals surface area contributed by atoms with Gasteiger partial charge in [0.25, 0.3) is 5.91 Å². The number of hydrogen-bond acceptors (Lipinski definition) is 2. The number of aromatic nitrogens is 1. The maximum Gasteiger partial charge on any atom is 0.269 e. The molecule has 0 aliphatic rings. The number of benzene rings is 1. The van der Waals surface area contributed by atoms with Crippen molar-refractivity contribution in [2.75, 3.05) is 6.54 Å². The molecule has 0 saturated carbocycles. The Morgan fingerprint density at radius 1 is 1.21 bits per heavy atom. The Hall–Kier alpha value is -2.30. The van der Waals surface area contributed by atoms with Crippen LogP contribution in [0.3, 0.4) is 0 Å². The van der Waals surface area contributed by atoms with Crippen LogP contribution in [0, 0.1) is 11.6 Å². The van der Waals surface area contributed by atoms with Crippen LogP contribution in [-0.4, -0.2) is 17.4 Å². The van der Waals surface area contributed by atoms with Gasteiger partial charge in [0.2, 0.25) is 0 Å². The summed E-state index contributed by atoms with van der Waals surface area (Å²) in [6, 6.07) is 8.25. The van der Waals surface area contributed by atoms with Gasteiger partial charge in [-0.1, -0.05) is 6.07 Å². The second kappa shape index (κ2) is 6.04. The summed E-state index contributed by atoms with van der Waals surface area (Å²) in [6.07, 6.45) is 1.74. The minimum absolute atomic E-state index is 0.218. The summed E-state index contributed by atoms with van der Waals surface area (Å²) in [7, 11) is 0. The molecule has 0 saturated heterocycles. The third-order valence-corrected chi connectivity index (χ3v) is 2.59. The number of carbonyl (C=O) groups is 1. The lowest BCUT2D eigenvalue weighted by Gasteiger charge is -2.05. The molecule has 0 fully saturated rings. The molecule has 5 heteroatoms. The number of rotatable bonds is 4. The first-order valence-electron chi connectivity index (χ1n) is 5.80. The second-order valence-electron chi connectivity index (χ2n) is 3.96. The van der Waals surface area contributed by atoms with Crippen LogP contribution >= 0.6 is 0 Å². The van der Waals surface area contributed by atoms with Gasteiger partial charge in [0.15, 0.2) is 0 Å². The van der Waals surface area contributed by atoms with Gasteiger partial charge in [-0.25, -0.2) is 8.78 Å². The smallest absolute Gasteiger partial charge is 0.269 e. The summed E-state index contributed by atoms with van der Waals surface area (Å²) in [5.74, 6) is -1.31. The van der Waals surface area contributed by atoms with Gasteiger partial charge in [-0.15, -0.1) is 0 Å². The molecule has 3 nitrogen and oxygen atoms in total. The maximum atomic E-state index is 13.3. The number of hydrogen-bond donors (Lipinski definition) is 1. The molecule has 0 aliphatic carbocycles. The Bertz CT molecular complexity index is 573. The van der Waals surface area contributed by atoms with Crippen molar-refractivity contribution in [1.82, 2.24) is 10.3 Å². The van der Waals surface area contributed by atoms with E-state index in [0.717, 1.165) is 18.2 Å². The van der Waals surface area contributed by atoms with Gasteiger partial charge in [0.1, 0.15) is 17.3 Å². The van der Waals surface area contributed by atoms with Crippen molar-refractivity contribution in [3.63, 3.8) is 0 Å². The van der Waals surface area contributed by atoms with E-state index in [2.05, 4.69) is 10.3 Å². The Labute approximate surface area is 109 Å². The topological polar surface area (TPSA) is 42.0 Å². The van der Waals surface area contributed by atoms with E-state index in [1.807, 2.05) is 0 Å². The van der Waals surface area contributed by atoms with Gasteiger partial charge in [0.05, 0.1) is 0 Å². The fourth-order valence-corrected chi connectivity index (χ4v) is 1.63. The van der Waals surface area contributed by atoms with E-state index in [1.54, 1.807) is 18.2 Å². The van der Waals surface area contributed by atoms with Gasteiger partial charge in [-0.05, 0) is 42.3 Å². The molecule has 1 amide bonds. The van der Waals surface area contributed by atoms with Gasteiger partial charge in [-0.3, -0.25) is 9.78 Å². The monoisotopic (exact) mass is 262 g/mol. The van der Waals surface area contributed by atoms with Crippen LogP contribution < -0.4 is 5.32 Å². The predicted molar refractivity (Wildman–Crippen MR) is 66.6 cm³/mol. The first kappa shape index (κ1) is 13.1. The van der Waals surface area contributed by atoms with Crippen LogP contribution in [0.5, 0.6) is 0 Å². The highest BCUT2D eigenvalue weighted by Crippen LogP contribution is 2.09. The predicted octanol–water partition coefficient (Wildman–Crippen LogP) is 2.33. The molecule has 0 bridgehead atoms. The van der Waals surface area contributed by atoms with Gasteiger partial charge in [0, 0.05) is 12.7 Å². The zero-order valence-electron chi connectivity index (χ0n) is 10.1. The van der Waals surface area contributed by atoms with Crippen molar-refractivity contribution in [2.24, 2.45) is 0 Å². The number of halogens is 2. The molecule has 19 heavy (non-hydrogen) atoms. The molecule has 0 spiro atoms. The molecule has 0 atom stereocenters. The maximum absolute atomic E-state index is 13.3. The third-order valence-electron chi connectivity index (χ3n) is 2.59. The van der Waals surface area contributed by atoms with E-state index in [1.165, 1.54) is 6.20 Å². The first-order chi connectivity index (χ1) is 9.16. The SMILES string of the molecule is O=C(NCCc1cc(F)ccc1F)c1ccccn1. The van der Waals surface area contributed by atoms with E-state index >= 15 is 0 Å². The quantitative estimate of drug-likeness (QED) is 0.918. The highest BCUT2D eigenvalue weighted by Gasteiger charge is 2.07. The summed E-state index contributed by atoms with van der Waals surface area (Å²) in [4.78, 5) is 15.5. The zero-order valence-corrected chi connectivity index (χ0v) is 10.1. The van der Waals surface area contributed by atoms with Crippen molar-refractivity contribution in [2.45, 2.75) is 6.42 Å². The highest BCUT2D eigenvalue weighted by atomic mass is 19.1. The molecular formula is C14H12F2N2O. The van der Waals surface area contributed by atoms with E-state index in [4.69, 9.17) is 0 Å². The van der Waals surface area contributed by atoms with Crippen LogP contribution in [0.1, 0.15) is 16.1 Å². The minimum Gasteiger partial charge on any atom is -0.350 e.